The van der Waals surface area contributed by atoms with Gasteiger partial charge in [0, 0.05) is 31.4 Å². The van der Waals surface area contributed by atoms with E-state index in [1.54, 1.807) is 13.0 Å². The van der Waals surface area contributed by atoms with Gasteiger partial charge in [-0.05, 0) is 19.1 Å². The van der Waals surface area contributed by atoms with Crippen molar-refractivity contribution in [1.82, 2.24) is 0 Å². The van der Waals surface area contributed by atoms with Gasteiger partial charge in [0.2, 0.25) is 0 Å². The zero-order valence-corrected chi connectivity index (χ0v) is 15.1. The van der Waals surface area contributed by atoms with Crippen molar-refractivity contribution in [1.29, 1.82) is 0 Å². The Hall–Kier alpha value is -1.93. The zero-order chi connectivity index (χ0) is 18.6. The van der Waals surface area contributed by atoms with Crippen molar-refractivity contribution in [3.05, 3.63) is 24.2 Å². The number of furan rings is 1. The van der Waals surface area contributed by atoms with E-state index in [2.05, 4.69) is 0 Å². The van der Waals surface area contributed by atoms with Gasteiger partial charge in [0.15, 0.2) is 16.7 Å². The number of hydrogen-bond donors (Lipinski definition) is 1. The second-order valence-electron chi connectivity index (χ2n) is 6.30. The van der Waals surface area contributed by atoms with Crippen molar-refractivity contribution in [2.75, 3.05) is 6.54 Å². The van der Waals surface area contributed by atoms with E-state index in [1.165, 1.54) is 19.3 Å². The van der Waals surface area contributed by atoms with Gasteiger partial charge in [-0.1, -0.05) is 11.8 Å². The van der Waals surface area contributed by atoms with E-state index in [0.717, 1.165) is 11.8 Å². The molecule has 7 nitrogen and oxygen atoms in total. The summed E-state index contributed by atoms with van der Waals surface area (Å²) in [6.07, 6.45) is 1.33. The lowest BCUT2D eigenvalue weighted by Crippen LogP contribution is -2.59. The summed E-state index contributed by atoms with van der Waals surface area (Å²) in [5.74, 6) is -0.602. The monoisotopic (exact) mass is 368 g/mol. The highest BCUT2D eigenvalue weighted by atomic mass is 32.2. The average Bonchev–Trinajstić information content (AvgIpc) is 3.15. The van der Waals surface area contributed by atoms with Gasteiger partial charge >= 0.3 is 12.0 Å². The third-order valence-corrected chi connectivity index (χ3v) is 5.61. The van der Waals surface area contributed by atoms with Crippen LogP contribution in [0.4, 0.5) is 4.79 Å². The summed E-state index contributed by atoms with van der Waals surface area (Å²) >= 11 is 0.899. The van der Waals surface area contributed by atoms with Crippen LogP contribution in [-0.2, 0) is 9.59 Å². The Bertz CT molecular complexity index is 671. The van der Waals surface area contributed by atoms with E-state index in [0.29, 0.717) is 12.8 Å². The Labute approximate surface area is 149 Å². The lowest BCUT2D eigenvalue weighted by molar-refractivity contribution is -0.792. The molecule has 0 bridgehead atoms. The van der Waals surface area contributed by atoms with Gasteiger partial charge in [0.05, 0.1) is 19.2 Å². The maximum absolute atomic E-state index is 12.8. The first-order chi connectivity index (χ1) is 11.8. The average molecular weight is 368 g/mol. The number of nitrogens with zero attached hydrogens (tertiary/aromatic N) is 1. The van der Waals surface area contributed by atoms with Crippen LogP contribution in [-0.4, -0.2) is 50.3 Å². The minimum Gasteiger partial charge on any atom is -0.461 e. The quantitative estimate of drug-likeness (QED) is 0.608. The summed E-state index contributed by atoms with van der Waals surface area (Å²) in [5.41, 5.74) is 0. The zero-order valence-electron chi connectivity index (χ0n) is 14.3. The summed E-state index contributed by atoms with van der Waals surface area (Å²) in [4.78, 5) is 48.3. The molecule has 0 radical (unpaired) electrons. The molecular weight excluding hydrogens is 346 g/mol. The molecule has 2 rings (SSSR count). The SMILES string of the molecule is CC(=O)SC(CC(=O)c1ccco1)CC(=O)[N+]1(C(=O)O)CCC[C@H]1C. The first-order valence-corrected chi connectivity index (χ1v) is 9.04. The van der Waals surface area contributed by atoms with Crippen molar-refractivity contribution in [2.45, 2.75) is 50.8 Å². The summed E-state index contributed by atoms with van der Waals surface area (Å²) in [7, 11) is 0. The number of imide groups is 1. The number of carbonyl (C=O) groups is 4. The number of ketones is 1. The number of thioether (sulfide) groups is 1. The van der Waals surface area contributed by atoms with Crippen LogP contribution < -0.4 is 0 Å². The number of quaternary nitrogens is 1. The lowest BCUT2D eigenvalue weighted by atomic mass is 10.1. The molecule has 0 aliphatic carbocycles. The molecule has 1 fully saturated rings. The first kappa shape index (κ1) is 19.4. The van der Waals surface area contributed by atoms with Crippen molar-refractivity contribution in [3.63, 3.8) is 0 Å². The molecule has 0 spiro atoms. The van der Waals surface area contributed by atoms with Gasteiger partial charge in [-0.15, -0.1) is 0 Å². The highest BCUT2D eigenvalue weighted by molar-refractivity contribution is 8.14. The largest absolute Gasteiger partial charge is 0.521 e. The maximum Gasteiger partial charge on any atom is 0.521 e. The van der Waals surface area contributed by atoms with E-state index < -0.39 is 21.7 Å². The fourth-order valence-corrected chi connectivity index (χ4v) is 4.26. The Morgan fingerprint density at radius 3 is 2.56 bits per heavy atom. The molecule has 2 heterocycles. The molecule has 2 unspecified atom stereocenters. The number of amides is 2. The molecule has 8 heteroatoms. The molecule has 136 valence electrons. The predicted octanol–water partition coefficient (Wildman–Crippen LogP) is 3.09. The fraction of sp³-hybridized carbons (Fsp3) is 0.529. The van der Waals surface area contributed by atoms with Crippen molar-refractivity contribution >= 4 is 34.7 Å². The van der Waals surface area contributed by atoms with Crippen LogP contribution >= 0.6 is 11.8 Å². The van der Waals surface area contributed by atoms with Crippen LogP contribution in [0.1, 0.15) is 50.1 Å². The highest BCUT2D eigenvalue weighted by Crippen LogP contribution is 2.31. The topological polar surface area (TPSA) is 102 Å². The summed E-state index contributed by atoms with van der Waals surface area (Å²) in [5, 5.41) is 8.80. The molecule has 1 saturated heterocycles. The maximum atomic E-state index is 12.8. The molecule has 1 aromatic heterocycles. The third-order valence-electron chi connectivity index (χ3n) is 4.62. The Kier molecular flexibility index (Phi) is 6.18. The van der Waals surface area contributed by atoms with Gasteiger partial charge in [-0.3, -0.25) is 9.59 Å². The second-order valence-corrected chi connectivity index (χ2v) is 7.78. The van der Waals surface area contributed by atoms with E-state index in [-0.39, 0.29) is 42.1 Å². The number of Topliss-reactive ketones (excluding diaryl/α,β-unsaturated/α-hetero) is 1. The summed E-state index contributed by atoms with van der Waals surface area (Å²) in [6, 6.07) is 2.80. The Morgan fingerprint density at radius 2 is 2.08 bits per heavy atom. The van der Waals surface area contributed by atoms with Gasteiger partial charge in [-0.2, -0.15) is 9.28 Å². The van der Waals surface area contributed by atoms with Crippen LogP contribution in [0.15, 0.2) is 22.8 Å². The third kappa shape index (κ3) is 4.19. The van der Waals surface area contributed by atoms with Crippen LogP contribution in [0.5, 0.6) is 0 Å². The number of carboxylic acid groups (broad SMARTS) is 1. The number of hydrogen-bond acceptors (Lipinski definition) is 6. The molecule has 1 N–H and O–H groups in total. The number of rotatable bonds is 6. The number of likely N-dealkylation sites (tertiary alicyclic amines) is 1. The van der Waals surface area contributed by atoms with Gasteiger partial charge in [-0.25, -0.2) is 4.79 Å². The molecule has 1 aliphatic heterocycles. The molecule has 0 saturated carbocycles. The molecule has 0 aromatic carbocycles. The molecular formula is C17H22NO6S+. The van der Waals surface area contributed by atoms with Crippen molar-refractivity contribution in [2.24, 2.45) is 0 Å². The van der Waals surface area contributed by atoms with Crippen molar-refractivity contribution < 1.29 is 33.2 Å². The van der Waals surface area contributed by atoms with Gasteiger partial charge < -0.3 is 9.52 Å². The fourth-order valence-electron chi connectivity index (χ4n) is 3.33. The lowest BCUT2D eigenvalue weighted by Gasteiger charge is -2.30. The van der Waals surface area contributed by atoms with E-state index >= 15 is 0 Å². The second kappa shape index (κ2) is 7.97. The minimum absolute atomic E-state index is 0.0580. The van der Waals surface area contributed by atoms with Crippen LogP contribution in [0.2, 0.25) is 0 Å². The molecule has 2 amide bonds. The minimum atomic E-state index is -1.17. The smallest absolute Gasteiger partial charge is 0.461 e. The predicted molar refractivity (Wildman–Crippen MR) is 91.2 cm³/mol. The molecule has 25 heavy (non-hydrogen) atoms. The number of carbonyl (C=O) groups excluding carboxylic acids is 3. The summed E-state index contributed by atoms with van der Waals surface area (Å²) < 4.78 is 4.43. The van der Waals surface area contributed by atoms with Crippen LogP contribution in [0, 0.1) is 0 Å². The van der Waals surface area contributed by atoms with Crippen LogP contribution in [0.25, 0.3) is 0 Å². The molecule has 3 atom stereocenters. The van der Waals surface area contributed by atoms with Gasteiger partial charge in [0.25, 0.3) is 0 Å². The van der Waals surface area contributed by atoms with E-state index in [4.69, 9.17) is 4.42 Å². The van der Waals surface area contributed by atoms with Crippen molar-refractivity contribution in [3.8, 4) is 0 Å². The molecule has 1 aliphatic rings. The van der Waals surface area contributed by atoms with Gasteiger partial charge in [0.1, 0.15) is 6.04 Å². The Balaban J connectivity index is 2.15. The van der Waals surface area contributed by atoms with Crippen LogP contribution in [0.3, 0.4) is 0 Å². The highest BCUT2D eigenvalue weighted by Gasteiger charge is 2.53. The molecule has 1 aromatic rings. The first-order valence-electron chi connectivity index (χ1n) is 8.16. The van der Waals surface area contributed by atoms with E-state index in [1.807, 2.05) is 0 Å². The summed E-state index contributed by atoms with van der Waals surface area (Å²) in [6.45, 7) is 3.36. The standard InChI is InChI=1S/C17H21NO6S/c1-11-5-3-7-18(11,17(22)23)16(21)10-13(25-12(2)19)9-14(20)15-6-4-8-24-15/h4,6,8,11,13H,3,5,7,9-10H2,1-2H3/p+1/t11-,13?,18?/m1/s1. The Morgan fingerprint density at radius 1 is 1.36 bits per heavy atom. The normalized spacial score (nSPS) is 24.0. The van der Waals surface area contributed by atoms with E-state index in [9.17, 15) is 24.3 Å².